The number of carbonyl (C=O) groups is 1. The Morgan fingerprint density at radius 3 is 2.68 bits per heavy atom. The summed E-state index contributed by atoms with van der Waals surface area (Å²) < 4.78 is 39.1. The van der Waals surface area contributed by atoms with Crippen molar-refractivity contribution < 1.29 is 18.0 Å². The normalized spacial score (nSPS) is 16.6. The van der Waals surface area contributed by atoms with Gasteiger partial charge in [-0.05, 0) is 31.2 Å². The number of benzene rings is 1. The van der Waals surface area contributed by atoms with Crippen LogP contribution in [0.5, 0.6) is 0 Å². The first-order chi connectivity index (χ1) is 11.7. The van der Waals surface area contributed by atoms with Crippen LogP contribution in [0.15, 0.2) is 40.3 Å². The largest absolute Gasteiger partial charge is 0.416 e. The van der Waals surface area contributed by atoms with Gasteiger partial charge in [-0.25, -0.2) is 4.98 Å². The quantitative estimate of drug-likeness (QED) is 0.844. The molecule has 0 radical (unpaired) electrons. The van der Waals surface area contributed by atoms with Gasteiger partial charge in [-0.3, -0.25) is 14.2 Å². The molecule has 1 aromatic heterocycles. The maximum atomic E-state index is 12.5. The number of aryl methyl sites for hydroxylation is 1. The van der Waals surface area contributed by atoms with Crippen molar-refractivity contribution in [1.82, 2.24) is 9.55 Å². The van der Waals surface area contributed by atoms with E-state index in [9.17, 15) is 22.8 Å². The summed E-state index contributed by atoms with van der Waals surface area (Å²) in [5.41, 5.74) is -0.0868. The molecule has 0 bridgehead atoms. The number of carbonyl (C=O) groups excluding carboxylic acids is 1. The first-order valence-corrected chi connectivity index (χ1v) is 8.42. The number of nitrogens with zero attached hydrogens (tertiary/aromatic N) is 2. The third-order valence-electron chi connectivity index (χ3n) is 3.73. The van der Waals surface area contributed by atoms with Gasteiger partial charge in [-0.1, -0.05) is 11.8 Å². The van der Waals surface area contributed by atoms with Gasteiger partial charge >= 0.3 is 6.18 Å². The van der Waals surface area contributed by atoms with E-state index in [4.69, 9.17) is 0 Å². The third-order valence-corrected chi connectivity index (χ3v) is 4.83. The number of thioether (sulfide) groups is 1. The van der Waals surface area contributed by atoms with Crippen LogP contribution in [0.2, 0.25) is 0 Å². The molecule has 25 heavy (non-hydrogen) atoms. The zero-order valence-electron chi connectivity index (χ0n) is 13.1. The molecule has 0 aliphatic carbocycles. The lowest BCUT2D eigenvalue weighted by Gasteiger charge is -2.13. The Hall–Kier alpha value is -2.29. The average molecular weight is 369 g/mol. The van der Waals surface area contributed by atoms with Gasteiger partial charge in [0.2, 0.25) is 5.91 Å². The van der Waals surface area contributed by atoms with Crippen LogP contribution in [0.1, 0.15) is 23.7 Å². The number of anilines is 1. The Morgan fingerprint density at radius 2 is 2.04 bits per heavy atom. The molecule has 1 aromatic carbocycles. The molecule has 0 saturated carbocycles. The second kappa shape index (κ2) is 6.55. The minimum atomic E-state index is -4.42. The first-order valence-electron chi connectivity index (χ1n) is 7.44. The van der Waals surface area contributed by atoms with Crippen molar-refractivity contribution in [1.29, 1.82) is 0 Å². The smallest absolute Gasteiger partial charge is 0.326 e. The van der Waals surface area contributed by atoms with Crippen LogP contribution < -0.4 is 10.9 Å². The molecule has 1 aliphatic rings. The number of fused-ring (bicyclic) bond motifs is 1. The number of nitrogens with one attached hydrogen (secondary N) is 1. The Labute approximate surface area is 145 Å². The zero-order chi connectivity index (χ0) is 18.2. The second-order valence-electron chi connectivity index (χ2n) is 5.68. The van der Waals surface area contributed by atoms with E-state index in [0.29, 0.717) is 16.6 Å². The van der Waals surface area contributed by atoms with Crippen molar-refractivity contribution in [2.75, 3.05) is 11.1 Å². The molecule has 1 atom stereocenters. The van der Waals surface area contributed by atoms with Gasteiger partial charge in [-0.15, -0.1) is 0 Å². The molecule has 0 unspecified atom stereocenters. The van der Waals surface area contributed by atoms with Crippen LogP contribution in [0, 0.1) is 6.92 Å². The molecule has 5 nitrogen and oxygen atoms in total. The lowest BCUT2D eigenvalue weighted by atomic mass is 10.2. The highest BCUT2D eigenvalue weighted by Crippen LogP contribution is 2.32. The van der Waals surface area contributed by atoms with Gasteiger partial charge < -0.3 is 5.32 Å². The summed E-state index contributed by atoms with van der Waals surface area (Å²) in [4.78, 5) is 28.5. The second-order valence-corrected chi connectivity index (χ2v) is 6.67. The Bertz CT molecular complexity index is 862. The van der Waals surface area contributed by atoms with Gasteiger partial charge in [-0.2, -0.15) is 13.2 Å². The summed E-state index contributed by atoms with van der Waals surface area (Å²) in [5.74, 6) is 0.178. The molecule has 2 aromatic rings. The monoisotopic (exact) mass is 369 g/mol. The standard InChI is InChI=1S/C16H14F3N3O2S/c1-9-6-14(24)22-12(8-25-15(22)20-9)7-13(23)21-11-4-2-10(3-5-11)16(17,18)19/h2-6,12H,7-8H2,1H3,(H,21,23)/t12-/m1/s1. The molecule has 3 rings (SSSR count). The number of rotatable bonds is 3. The van der Waals surface area contributed by atoms with Crippen LogP contribution in [0.4, 0.5) is 18.9 Å². The van der Waals surface area contributed by atoms with Crippen LogP contribution in [0.25, 0.3) is 0 Å². The fourth-order valence-corrected chi connectivity index (χ4v) is 3.78. The van der Waals surface area contributed by atoms with E-state index in [2.05, 4.69) is 10.3 Å². The molecule has 1 amide bonds. The highest BCUT2D eigenvalue weighted by Gasteiger charge is 2.30. The van der Waals surface area contributed by atoms with Gasteiger partial charge in [0.05, 0.1) is 11.6 Å². The summed E-state index contributed by atoms with van der Waals surface area (Å²) in [5, 5.41) is 3.14. The van der Waals surface area contributed by atoms with Crippen molar-refractivity contribution >= 4 is 23.4 Å². The predicted molar refractivity (Wildman–Crippen MR) is 87.7 cm³/mol. The minimum absolute atomic E-state index is 0.0473. The van der Waals surface area contributed by atoms with E-state index < -0.39 is 11.7 Å². The van der Waals surface area contributed by atoms with Gasteiger partial charge in [0.1, 0.15) is 0 Å². The highest BCUT2D eigenvalue weighted by molar-refractivity contribution is 7.99. The van der Waals surface area contributed by atoms with Crippen LogP contribution in [-0.2, 0) is 11.0 Å². The van der Waals surface area contributed by atoms with Crippen LogP contribution in [0.3, 0.4) is 0 Å². The maximum absolute atomic E-state index is 12.5. The van der Waals surface area contributed by atoms with E-state index in [-0.39, 0.29) is 29.6 Å². The molecule has 0 saturated heterocycles. The number of halogens is 3. The molecule has 1 N–H and O–H groups in total. The molecular weight excluding hydrogens is 355 g/mol. The molecule has 132 valence electrons. The fourth-order valence-electron chi connectivity index (χ4n) is 2.58. The minimum Gasteiger partial charge on any atom is -0.326 e. The number of alkyl halides is 3. The van der Waals surface area contributed by atoms with Crippen molar-refractivity contribution in [2.24, 2.45) is 0 Å². The van der Waals surface area contributed by atoms with Gasteiger partial charge in [0, 0.05) is 29.6 Å². The van der Waals surface area contributed by atoms with E-state index in [1.807, 2.05) is 0 Å². The average Bonchev–Trinajstić information content (AvgIpc) is 2.89. The molecular formula is C16H14F3N3O2S. The molecule has 0 fully saturated rings. The summed E-state index contributed by atoms with van der Waals surface area (Å²) >= 11 is 1.40. The summed E-state index contributed by atoms with van der Waals surface area (Å²) in [6.45, 7) is 1.73. The maximum Gasteiger partial charge on any atom is 0.416 e. The molecule has 2 heterocycles. The van der Waals surface area contributed by atoms with Gasteiger partial charge in [0.15, 0.2) is 5.16 Å². The number of hydrogen-bond donors (Lipinski definition) is 1. The first kappa shape index (κ1) is 17.5. The van der Waals surface area contributed by atoms with Crippen molar-refractivity contribution in [3.63, 3.8) is 0 Å². The highest BCUT2D eigenvalue weighted by atomic mass is 32.2. The van der Waals surface area contributed by atoms with Crippen LogP contribution >= 0.6 is 11.8 Å². The van der Waals surface area contributed by atoms with E-state index >= 15 is 0 Å². The topological polar surface area (TPSA) is 64.0 Å². The van der Waals surface area contributed by atoms with E-state index in [1.54, 1.807) is 6.92 Å². The third kappa shape index (κ3) is 3.87. The number of aromatic nitrogens is 2. The van der Waals surface area contributed by atoms with Crippen molar-refractivity contribution in [2.45, 2.75) is 30.7 Å². The molecule has 9 heteroatoms. The summed E-state index contributed by atoms with van der Waals surface area (Å²) in [6, 6.07) is 5.32. The SMILES string of the molecule is Cc1cc(=O)n2c(n1)SC[C@H]2CC(=O)Nc1ccc(C(F)(F)F)cc1. The van der Waals surface area contributed by atoms with Gasteiger partial charge in [0.25, 0.3) is 5.56 Å². The summed E-state index contributed by atoms with van der Waals surface area (Å²) in [7, 11) is 0. The predicted octanol–water partition coefficient (Wildman–Crippen LogP) is 3.25. The van der Waals surface area contributed by atoms with Crippen molar-refractivity contribution in [3.05, 3.63) is 51.9 Å². The lowest BCUT2D eigenvalue weighted by molar-refractivity contribution is -0.137. The zero-order valence-corrected chi connectivity index (χ0v) is 13.9. The Morgan fingerprint density at radius 1 is 1.36 bits per heavy atom. The lowest BCUT2D eigenvalue weighted by Crippen LogP contribution is -2.27. The fraction of sp³-hybridized carbons (Fsp3) is 0.312. The summed E-state index contributed by atoms with van der Waals surface area (Å²) in [6.07, 6.45) is -4.37. The van der Waals surface area contributed by atoms with Crippen LogP contribution in [-0.4, -0.2) is 21.2 Å². The van der Waals surface area contributed by atoms with E-state index in [0.717, 1.165) is 12.1 Å². The Kier molecular flexibility index (Phi) is 4.59. The van der Waals surface area contributed by atoms with Crippen molar-refractivity contribution in [3.8, 4) is 0 Å². The number of hydrogen-bond acceptors (Lipinski definition) is 4. The Balaban J connectivity index is 1.68. The number of amides is 1. The molecule has 1 aliphatic heterocycles. The van der Waals surface area contributed by atoms with E-state index in [1.165, 1.54) is 34.5 Å². The molecule has 0 spiro atoms.